The molecule has 28 heavy (non-hydrogen) atoms. The van der Waals surface area contributed by atoms with E-state index in [2.05, 4.69) is 51.7 Å². The van der Waals surface area contributed by atoms with Crippen LogP contribution in [0, 0.1) is 0 Å². The number of pyridine rings is 2. The van der Waals surface area contributed by atoms with Gasteiger partial charge in [0.1, 0.15) is 3.55 Å². The average molecular weight is 576 g/mol. The summed E-state index contributed by atoms with van der Waals surface area (Å²) in [7, 11) is 0. The van der Waals surface area contributed by atoms with E-state index < -0.39 is 3.55 Å². The van der Waals surface area contributed by atoms with Crippen molar-refractivity contribution in [1.82, 2.24) is 15.3 Å². The molecule has 1 unspecified atom stereocenters. The standard InChI is InChI=1S/C19H20ClIN4.3ClH/c1-18(2,25-12-14-5-3-4-9-23-14)19(21,22)16-8-10-24-17-11-13(20)6-7-15(16)17;;;/h3-11,25H,12,22H2,1-2H3;3*1H. The van der Waals surface area contributed by atoms with Crippen molar-refractivity contribution >= 4 is 82.3 Å². The molecule has 0 fully saturated rings. The maximum absolute atomic E-state index is 6.83. The van der Waals surface area contributed by atoms with Gasteiger partial charge < -0.3 is 11.1 Å². The Morgan fingerprint density at radius 1 is 1.04 bits per heavy atom. The molecule has 0 saturated carbocycles. The number of rotatable bonds is 5. The summed E-state index contributed by atoms with van der Waals surface area (Å²) in [5.41, 5.74) is 9.28. The third-order valence-electron chi connectivity index (χ3n) is 4.44. The molecule has 0 bridgehead atoms. The fourth-order valence-corrected chi connectivity index (χ4v) is 3.55. The molecule has 2 heterocycles. The van der Waals surface area contributed by atoms with Crippen LogP contribution in [0.1, 0.15) is 25.1 Å². The van der Waals surface area contributed by atoms with Crippen LogP contribution in [-0.2, 0) is 10.1 Å². The Bertz CT molecular complexity index is 891. The normalized spacial score (nSPS) is 12.9. The van der Waals surface area contributed by atoms with E-state index in [-0.39, 0.29) is 42.8 Å². The van der Waals surface area contributed by atoms with Gasteiger partial charge in [-0.15, -0.1) is 37.2 Å². The summed E-state index contributed by atoms with van der Waals surface area (Å²) < 4.78 is -0.658. The molecule has 0 amide bonds. The second-order valence-electron chi connectivity index (χ2n) is 6.53. The predicted molar refractivity (Wildman–Crippen MR) is 134 cm³/mol. The Morgan fingerprint density at radius 2 is 1.75 bits per heavy atom. The van der Waals surface area contributed by atoms with Crippen molar-refractivity contribution in [3.63, 3.8) is 0 Å². The molecule has 0 spiro atoms. The van der Waals surface area contributed by atoms with Crippen LogP contribution in [0.25, 0.3) is 10.9 Å². The number of nitrogens with zero attached hydrogens (tertiary/aromatic N) is 2. The largest absolute Gasteiger partial charge is 0.312 e. The topological polar surface area (TPSA) is 63.8 Å². The zero-order chi connectivity index (χ0) is 18.1. The van der Waals surface area contributed by atoms with Crippen LogP contribution >= 0.6 is 71.4 Å². The van der Waals surface area contributed by atoms with Crippen molar-refractivity contribution in [3.05, 3.63) is 71.1 Å². The molecule has 1 aromatic carbocycles. The Balaban J connectivity index is 0.00000243. The highest BCUT2D eigenvalue weighted by Crippen LogP contribution is 2.40. The number of aromatic nitrogens is 2. The minimum atomic E-state index is -0.658. The number of nitrogens with one attached hydrogen (secondary N) is 1. The van der Waals surface area contributed by atoms with Gasteiger partial charge in [0.2, 0.25) is 0 Å². The van der Waals surface area contributed by atoms with Gasteiger partial charge in [-0.2, -0.15) is 0 Å². The maximum atomic E-state index is 6.83. The Morgan fingerprint density at radius 3 is 2.39 bits per heavy atom. The Labute approximate surface area is 202 Å². The fraction of sp³-hybridized carbons (Fsp3) is 0.263. The molecule has 154 valence electrons. The van der Waals surface area contributed by atoms with Crippen molar-refractivity contribution in [1.29, 1.82) is 0 Å². The first-order valence-electron chi connectivity index (χ1n) is 7.99. The molecule has 0 aliphatic carbocycles. The third kappa shape index (κ3) is 5.81. The molecular weight excluding hydrogens is 553 g/mol. The van der Waals surface area contributed by atoms with E-state index >= 15 is 0 Å². The van der Waals surface area contributed by atoms with E-state index in [1.165, 1.54) is 0 Å². The molecule has 0 aliphatic heterocycles. The number of nitrogens with two attached hydrogens (primary N) is 1. The SMILES string of the molecule is CC(C)(NCc1ccccn1)C(N)(I)c1ccnc2cc(Cl)ccc12.Cl.Cl.Cl. The minimum absolute atomic E-state index is 0. The van der Waals surface area contributed by atoms with E-state index in [0.717, 1.165) is 22.2 Å². The first-order chi connectivity index (χ1) is 11.8. The molecule has 9 heteroatoms. The van der Waals surface area contributed by atoms with Crippen LogP contribution in [0.5, 0.6) is 0 Å². The molecule has 3 aromatic rings. The highest BCUT2D eigenvalue weighted by atomic mass is 127. The van der Waals surface area contributed by atoms with Crippen LogP contribution in [0.3, 0.4) is 0 Å². The van der Waals surface area contributed by atoms with E-state index in [1.807, 2.05) is 42.5 Å². The molecule has 2 aromatic heterocycles. The zero-order valence-corrected chi connectivity index (χ0v) is 20.7. The van der Waals surface area contributed by atoms with E-state index in [1.54, 1.807) is 12.4 Å². The van der Waals surface area contributed by atoms with Gasteiger partial charge in [0.25, 0.3) is 0 Å². The van der Waals surface area contributed by atoms with Gasteiger partial charge in [-0.1, -0.05) is 46.3 Å². The quantitative estimate of drug-likeness (QED) is 0.234. The van der Waals surface area contributed by atoms with Crippen LogP contribution in [0.2, 0.25) is 5.02 Å². The molecule has 1 atom stereocenters. The van der Waals surface area contributed by atoms with Crippen LogP contribution in [0.4, 0.5) is 0 Å². The first-order valence-corrected chi connectivity index (χ1v) is 9.44. The van der Waals surface area contributed by atoms with Gasteiger partial charge >= 0.3 is 0 Å². The summed E-state index contributed by atoms with van der Waals surface area (Å²) in [5.74, 6) is 0. The minimum Gasteiger partial charge on any atom is -0.312 e. The van der Waals surface area contributed by atoms with Gasteiger partial charge in [0.05, 0.1) is 11.2 Å². The second-order valence-corrected chi connectivity index (χ2v) is 8.67. The first kappa shape index (κ1) is 27.6. The summed E-state index contributed by atoms with van der Waals surface area (Å²) in [6.45, 7) is 4.85. The van der Waals surface area contributed by atoms with Crippen LogP contribution in [0.15, 0.2) is 54.9 Å². The van der Waals surface area contributed by atoms with Gasteiger partial charge in [-0.05, 0) is 49.7 Å². The maximum Gasteiger partial charge on any atom is 0.112 e. The van der Waals surface area contributed by atoms with Gasteiger partial charge in [-0.25, -0.2) is 0 Å². The molecule has 0 aliphatic rings. The highest BCUT2D eigenvalue weighted by Gasteiger charge is 2.41. The highest BCUT2D eigenvalue weighted by molar-refractivity contribution is 14.1. The smallest absolute Gasteiger partial charge is 0.112 e. The number of benzene rings is 1. The molecule has 4 nitrogen and oxygen atoms in total. The van der Waals surface area contributed by atoms with Crippen molar-refractivity contribution in [2.75, 3.05) is 0 Å². The van der Waals surface area contributed by atoms with Crippen molar-refractivity contribution in [2.45, 2.75) is 29.5 Å². The third-order valence-corrected chi connectivity index (χ3v) is 6.61. The lowest BCUT2D eigenvalue weighted by Gasteiger charge is -2.41. The molecular formula is C19H23Cl4IN4. The molecule has 0 saturated heterocycles. The van der Waals surface area contributed by atoms with Crippen LogP contribution < -0.4 is 11.1 Å². The average Bonchev–Trinajstić information content (AvgIpc) is 2.60. The van der Waals surface area contributed by atoms with Gasteiger partial charge in [-0.3, -0.25) is 9.97 Å². The van der Waals surface area contributed by atoms with Gasteiger partial charge in [0, 0.05) is 34.9 Å². The van der Waals surface area contributed by atoms with E-state index in [0.29, 0.717) is 11.6 Å². The lowest BCUT2D eigenvalue weighted by atomic mass is 9.87. The summed E-state index contributed by atoms with van der Waals surface area (Å²) in [5, 5.41) is 5.23. The fourth-order valence-electron chi connectivity index (χ4n) is 2.72. The molecule has 3 rings (SSSR count). The van der Waals surface area contributed by atoms with E-state index in [4.69, 9.17) is 17.3 Å². The van der Waals surface area contributed by atoms with Crippen LogP contribution in [-0.4, -0.2) is 15.5 Å². The molecule has 3 N–H and O–H groups in total. The number of alkyl halides is 1. The summed E-state index contributed by atoms with van der Waals surface area (Å²) in [4.78, 5) is 8.78. The van der Waals surface area contributed by atoms with E-state index in [9.17, 15) is 0 Å². The summed E-state index contributed by atoms with van der Waals surface area (Å²) in [6, 6.07) is 13.6. The Kier molecular flexibility index (Phi) is 10.9. The van der Waals surface area contributed by atoms with Crippen molar-refractivity contribution in [3.8, 4) is 0 Å². The monoisotopic (exact) mass is 574 g/mol. The number of halogens is 5. The predicted octanol–water partition coefficient (Wildman–Crippen LogP) is 5.66. The molecule has 0 radical (unpaired) electrons. The number of hydrogen-bond donors (Lipinski definition) is 2. The zero-order valence-electron chi connectivity index (χ0n) is 15.4. The summed E-state index contributed by atoms with van der Waals surface area (Å²) in [6.07, 6.45) is 3.58. The lowest BCUT2D eigenvalue weighted by Crippen LogP contribution is -2.58. The number of hydrogen-bond acceptors (Lipinski definition) is 4. The van der Waals surface area contributed by atoms with Gasteiger partial charge in [0.15, 0.2) is 0 Å². The number of fused-ring (bicyclic) bond motifs is 1. The van der Waals surface area contributed by atoms with Crippen molar-refractivity contribution in [2.24, 2.45) is 5.73 Å². The second kappa shape index (κ2) is 11.1. The van der Waals surface area contributed by atoms with Crippen molar-refractivity contribution < 1.29 is 0 Å². The summed E-state index contributed by atoms with van der Waals surface area (Å²) >= 11 is 8.42. The Hall–Kier alpha value is -0.410. The lowest BCUT2D eigenvalue weighted by molar-refractivity contribution is 0.306.